The highest BCUT2D eigenvalue weighted by Crippen LogP contribution is 2.32. The molecule has 0 unspecified atom stereocenters. The van der Waals surface area contributed by atoms with Crippen LogP contribution >= 0.6 is 0 Å². The van der Waals surface area contributed by atoms with Crippen molar-refractivity contribution in [2.24, 2.45) is 0 Å². The molecular formula is C17H19NO2S. The molecule has 3 nitrogen and oxygen atoms in total. The fraction of sp³-hybridized carbons (Fsp3) is 0.294. The Labute approximate surface area is 126 Å². The molecule has 21 heavy (non-hydrogen) atoms. The smallest absolute Gasteiger partial charge is 0.264 e. The lowest BCUT2D eigenvalue weighted by Crippen LogP contribution is -2.29. The third kappa shape index (κ3) is 2.44. The molecular weight excluding hydrogens is 282 g/mol. The third-order valence-corrected chi connectivity index (χ3v) is 5.81. The number of hydrogen-bond donors (Lipinski definition) is 0. The molecule has 110 valence electrons. The Balaban J connectivity index is 1.98. The van der Waals surface area contributed by atoms with Crippen LogP contribution in [0.4, 0.5) is 5.69 Å². The van der Waals surface area contributed by atoms with Crippen LogP contribution < -0.4 is 4.31 Å². The zero-order valence-corrected chi connectivity index (χ0v) is 13.1. The SMILES string of the molecule is CC(C)c1ccc(S(=O)(=O)N2CCc3ccccc32)cc1. The molecule has 0 fully saturated rings. The highest BCUT2D eigenvalue weighted by Gasteiger charge is 2.30. The quantitative estimate of drug-likeness (QED) is 0.869. The van der Waals surface area contributed by atoms with Crippen LogP contribution in [0.2, 0.25) is 0 Å². The molecule has 2 aromatic carbocycles. The van der Waals surface area contributed by atoms with Gasteiger partial charge in [0.25, 0.3) is 10.0 Å². The Hall–Kier alpha value is -1.81. The summed E-state index contributed by atoms with van der Waals surface area (Å²) in [7, 11) is -3.46. The van der Waals surface area contributed by atoms with Crippen LogP contribution in [-0.2, 0) is 16.4 Å². The minimum Gasteiger partial charge on any atom is -0.266 e. The molecule has 4 heteroatoms. The molecule has 1 heterocycles. The summed E-state index contributed by atoms with van der Waals surface area (Å²) in [5, 5.41) is 0. The van der Waals surface area contributed by atoms with E-state index in [1.54, 1.807) is 12.1 Å². The summed E-state index contributed by atoms with van der Waals surface area (Å²) in [4.78, 5) is 0.364. The Morgan fingerprint density at radius 2 is 1.67 bits per heavy atom. The Morgan fingerprint density at radius 1 is 1.00 bits per heavy atom. The van der Waals surface area contributed by atoms with E-state index in [0.717, 1.165) is 23.2 Å². The molecule has 0 radical (unpaired) electrons. The molecule has 0 N–H and O–H groups in total. The van der Waals surface area contributed by atoms with Gasteiger partial charge in [0.05, 0.1) is 10.6 Å². The molecule has 1 aliphatic heterocycles. The van der Waals surface area contributed by atoms with Gasteiger partial charge in [0, 0.05) is 6.54 Å². The van der Waals surface area contributed by atoms with E-state index in [0.29, 0.717) is 17.4 Å². The molecule has 0 saturated heterocycles. The lowest BCUT2D eigenvalue weighted by molar-refractivity contribution is 0.592. The van der Waals surface area contributed by atoms with Crippen molar-refractivity contribution in [1.29, 1.82) is 0 Å². The number of benzene rings is 2. The first-order chi connectivity index (χ1) is 10.00. The summed E-state index contributed by atoms with van der Waals surface area (Å²) in [5.74, 6) is 0.397. The van der Waals surface area contributed by atoms with E-state index >= 15 is 0 Å². The number of para-hydroxylation sites is 1. The fourth-order valence-corrected chi connectivity index (χ4v) is 4.21. The van der Waals surface area contributed by atoms with Crippen LogP contribution in [0.5, 0.6) is 0 Å². The van der Waals surface area contributed by atoms with Gasteiger partial charge < -0.3 is 0 Å². The predicted octanol–water partition coefficient (Wildman–Crippen LogP) is 3.56. The van der Waals surface area contributed by atoms with Gasteiger partial charge in [-0.25, -0.2) is 8.42 Å². The summed E-state index contributed by atoms with van der Waals surface area (Å²) in [5.41, 5.74) is 3.06. The molecule has 0 amide bonds. The fourth-order valence-electron chi connectivity index (χ4n) is 2.71. The Kier molecular flexibility index (Phi) is 3.49. The number of fused-ring (bicyclic) bond motifs is 1. The van der Waals surface area contributed by atoms with Crippen molar-refractivity contribution < 1.29 is 8.42 Å². The van der Waals surface area contributed by atoms with Crippen LogP contribution in [0.15, 0.2) is 53.4 Å². The summed E-state index contributed by atoms with van der Waals surface area (Å²) >= 11 is 0. The monoisotopic (exact) mass is 301 g/mol. The highest BCUT2D eigenvalue weighted by atomic mass is 32.2. The van der Waals surface area contributed by atoms with Crippen LogP contribution in [0.1, 0.15) is 30.9 Å². The van der Waals surface area contributed by atoms with E-state index in [4.69, 9.17) is 0 Å². The van der Waals surface area contributed by atoms with Crippen molar-refractivity contribution in [3.63, 3.8) is 0 Å². The lowest BCUT2D eigenvalue weighted by Gasteiger charge is -2.20. The maximum atomic E-state index is 12.8. The number of anilines is 1. The molecule has 0 aliphatic carbocycles. The second-order valence-electron chi connectivity index (χ2n) is 5.68. The van der Waals surface area contributed by atoms with Crippen molar-refractivity contribution in [2.75, 3.05) is 10.8 Å². The standard InChI is InChI=1S/C17H19NO2S/c1-13(2)14-7-9-16(10-8-14)21(19,20)18-12-11-15-5-3-4-6-17(15)18/h3-10,13H,11-12H2,1-2H3. The van der Waals surface area contributed by atoms with Gasteiger partial charge in [0.15, 0.2) is 0 Å². The predicted molar refractivity (Wildman–Crippen MR) is 85.2 cm³/mol. The average Bonchev–Trinajstić information content (AvgIpc) is 2.92. The second kappa shape index (κ2) is 5.19. The van der Waals surface area contributed by atoms with Gasteiger partial charge in [-0.2, -0.15) is 0 Å². The van der Waals surface area contributed by atoms with Crippen molar-refractivity contribution in [3.05, 3.63) is 59.7 Å². The van der Waals surface area contributed by atoms with Gasteiger partial charge in [-0.05, 0) is 41.7 Å². The number of rotatable bonds is 3. The summed E-state index contributed by atoms with van der Waals surface area (Å²) in [6.07, 6.45) is 0.777. The third-order valence-electron chi connectivity index (χ3n) is 3.98. The first kappa shape index (κ1) is 14.1. The highest BCUT2D eigenvalue weighted by molar-refractivity contribution is 7.92. The van der Waals surface area contributed by atoms with E-state index in [1.807, 2.05) is 36.4 Å². The van der Waals surface area contributed by atoms with Crippen molar-refractivity contribution in [1.82, 2.24) is 0 Å². The molecule has 0 saturated carbocycles. The van der Waals surface area contributed by atoms with E-state index in [-0.39, 0.29) is 0 Å². The molecule has 3 rings (SSSR count). The van der Waals surface area contributed by atoms with E-state index in [2.05, 4.69) is 13.8 Å². The first-order valence-electron chi connectivity index (χ1n) is 7.21. The zero-order valence-electron chi connectivity index (χ0n) is 12.3. The van der Waals surface area contributed by atoms with Crippen LogP contribution in [-0.4, -0.2) is 15.0 Å². The minimum absolute atomic E-state index is 0.364. The van der Waals surface area contributed by atoms with Crippen LogP contribution in [0.25, 0.3) is 0 Å². The number of hydrogen-bond acceptors (Lipinski definition) is 2. The van der Waals surface area contributed by atoms with Gasteiger partial charge in [-0.3, -0.25) is 4.31 Å². The zero-order chi connectivity index (χ0) is 15.0. The Morgan fingerprint density at radius 3 is 2.33 bits per heavy atom. The van der Waals surface area contributed by atoms with Crippen LogP contribution in [0, 0.1) is 0 Å². The largest absolute Gasteiger partial charge is 0.266 e. The summed E-state index contributed by atoms with van der Waals surface area (Å²) in [6, 6.07) is 14.9. The maximum Gasteiger partial charge on any atom is 0.264 e. The van der Waals surface area contributed by atoms with E-state index in [1.165, 1.54) is 4.31 Å². The van der Waals surface area contributed by atoms with Gasteiger partial charge in [-0.1, -0.05) is 44.2 Å². The van der Waals surface area contributed by atoms with E-state index in [9.17, 15) is 8.42 Å². The van der Waals surface area contributed by atoms with Gasteiger partial charge in [-0.15, -0.1) is 0 Å². The molecule has 0 atom stereocenters. The maximum absolute atomic E-state index is 12.8. The Bertz CT molecular complexity index is 749. The van der Waals surface area contributed by atoms with Crippen molar-refractivity contribution >= 4 is 15.7 Å². The molecule has 0 aromatic heterocycles. The minimum atomic E-state index is -3.46. The van der Waals surface area contributed by atoms with Crippen molar-refractivity contribution in [3.8, 4) is 0 Å². The van der Waals surface area contributed by atoms with Gasteiger partial charge >= 0.3 is 0 Å². The first-order valence-corrected chi connectivity index (χ1v) is 8.65. The molecule has 0 bridgehead atoms. The molecule has 0 spiro atoms. The topological polar surface area (TPSA) is 37.4 Å². The van der Waals surface area contributed by atoms with Gasteiger partial charge in [0.2, 0.25) is 0 Å². The van der Waals surface area contributed by atoms with Crippen molar-refractivity contribution in [2.45, 2.75) is 31.1 Å². The molecule has 2 aromatic rings. The molecule has 1 aliphatic rings. The summed E-state index contributed by atoms with van der Waals surface area (Å²) in [6.45, 7) is 4.72. The van der Waals surface area contributed by atoms with Gasteiger partial charge in [0.1, 0.15) is 0 Å². The summed E-state index contributed by atoms with van der Waals surface area (Å²) < 4.78 is 27.1. The van der Waals surface area contributed by atoms with Crippen LogP contribution in [0.3, 0.4) is 0 Å². The normalized spacial score (nSPS) is 14.5. The second-order valence-corrected chi connectivity index (χ2v) is 7.54. The number of sulfonamides is 1. The van der Waals surface area contributed by atoms with E-state index < -0.39 is 10.0 Å². The lowest BCUT2D eigenvalue weighted by atomic mass is 10.0. The average molecular weight is 301 g/mol. The number of nitrogens with zero attached hydrogens (tertiary/aromatic N) is 1.